The lowest BCUT2D eigenvalue weighted by molar-refractivity contribution is -0.141. The van der Waals surface area contributed by atoms with Gasteiger partial charge >= 0.3 is 6.18 Å². The van der Waals surface area contributed by atoms with Gasteiger partial charge in [0.25, 0.3) is 5.91 Å². The number of thiazole rings is 1. The van der Waals surface area contributed by atoms with Crippen LogP contribution in [0.25, 0.3) is 10.6 Å². The number of benzene rings is 1. The molecule has 0 unspecified atom stereocenters. The fourth-order valence-electron chi connectivity index (χ4n) is 3.46. The Morgan fingerprint density at radius 1 is 1.13 bits per heavy atom. The van der Waals surface area contributed by atoms with E-state index in [0.717, 1.165) is 27.1 Å². The monoisotopic (exact) mass is 435 g/mol. The highest BCUT2D eigenvalue weighted by atomic mass is 32.1. The molecule has 4 rings (SSSR count). The van der Waals surface area contributed by atoms with Crippen LogP contribution < -0.4 is 0 Å². The van der Waals surface area contributed by atoms with E-state index >= 15 is 0 Å². The Labute approximate surface area is 175 Å². The van der Waals surface area contributed by atoms with E-state index in [9.17, 15) is 18.0 Å². The first-order valence-electron chi connectivity index (χ1n) is 9.43. The second-order valence-electron chi connectivity index (χ2n) is 7.14. The highest BCUT2D eigenvalue weighted by Crippen LogP contribution is 2.31. The van der Waals surface area contributed by atoms with Crippen LogP contribution in [0.1, 0.15) is 21.7 Å². The van der Waals surface area contributed by atoms with Crippen LogP contribution in [0.15, 0.2) is 41.9 Å². The van der Waals surface area contributed by atoms with Crippen molar-refractivity contribution in [1.29, 1.82) is 0 Å². The number of rotatable bonds is 4. The highest BCUT2D eigenvalue weighted by molar-refractivity contribution is 7.13. The van der Waals surface area contributed by atoms with Crippen LogP contribution in [0.3, 0.4) is 0 Å². The molecule has 6 nitrogen and oxygen atoms in total. The number of carbonyl (C=O) groups excluding carboxylic acids is 1. The zero-order valence-electron chi connectivity index (χ0n) is 16.3. The van der Waals surface area contributed by atoms with E-state index in [1.165, 1.54) is 11.9 Å². The van der Waals surface area contributed by atoms with Gasteiger partial charge in [0.1, 0.15) is 5.01 Å². The minimum absolute atomic E-state index is 0.362. The van der Waals surface area contributed by atoms with Crippen molar-refractivity contribution in [2.45, 2.75) is 12.7 Å². The lowest BCUT2D eigenvalue weighted by atomic mass is 10.2. The minimum Gasteiger partial charge on any atom is -0.336 e. The van der Waals surface area contributed by atoms with Crippen molar-refractivity contribution < 1.29 is 18.0 Å². The zero-order chi connectivity index (χ0) is 21.3. The van der Waals surface area contributed by atoms with Gasteiger partial charge in [0.15, 0.2) is 5.69 Å². The van der Waals surface area contributed by atoms with Crippen molar-refractivity contribution in [3.63, 3.8) is 0 Å². The summed E-state index contributed by atoms with van der Waals surface area (Å²) in [5.74, 6) is -0.630. The van der Waals surface area contributed by atoms with Gasteiger partial charge in [0, 0.05) is 56.9 Å². The molecule has 0 N–H and O–H groups in total. The molecule has 0 spiro atoms. The van der Waals surface area contributed by atoms with Crippen LogP contribution in [0.4, 0.5) is 13.2 Å². The van der Waals surface area contributed by atoms with Crippen LogP contribution in [0, 0.1) is 0 Å². The summed E-state index contributed by atoms with van der Waals surface area (Å²) in [6.07, 6.45) is -3.52. The first-order chi connectivity index (χ1) is 14.3. The maximum atomic E-state index is 13.2. The molecule has 1 saturated heterocycles. The van der Waals surface area contributed by atoms with Crippen LogP contribution in [-0.4, -0.2) is 56.7 Å². The first-order valence-corrected chi connectivity index (χ1v) is 10.3. The largest absolute Gasteiger partial charge is 0.435 e. The van der Waals surface area contributed by atoms with E-state index in [2.05, 4.69) is 15.0 Å². The number of aromatic nitrogens is 3. The Morgan fingerprint density at radius 3 is 2.50 bits per heavy atom. The third-order valence-corrected chi connectivity index (χ3v) is 5.89. The van der Waals surface area contributed by atoms with Crippen LogP contribution in [0.2, 0.25) is 0 Å². The SMILES string of the molecule is Cn1cc(C(=O)N2CCN(Cc3csc(-c4ccccc4)n3)CC2)c(C(F)(F)F)n1. The molecule has 3 aromatic rings. The van der Waals surface area contributed by atoms with Crippen molar-refractivity contribution in [2.75, 3.05) is 26.2 Å². The summed E-state index contributed by atoms with van der Waals surface area (Å²) < 4.78 is 40.5. The van der Waals surface area contributed by atoms with E-state index in [4.69, 9.17) is 0 Å². The van der Waals surface area contributed by atoms with Crippen molar-refractivity contribution in [3.05, 3.63) is 58.9 Å². The maximum absolute atomic E-state index is 13.2. The fourth-order valence-corrected chi connectivity index (χ4v) is 4.27. The Kier molecular flexibility index (Phi) is 5.61. The van der Waals surface area contributed by atoms with E-state index in [-0.39, 0.29) is 0 Å². The number of hydrogen-bond donors (Lipinski definition) is 0. The normalized spacial score (nSPS) is 15.5. The zero-order valence-corrected chi connectivity index (χ0v) is 17.1. The molecule has 2 aromatic heterocycles. The molecule has 0 saturated carbocycles. The third kappa shape index (κ3) is 4.39. The Hall–Kier alpha value is -2.72. The smallest absolute Gasteiger partial charge is 0.336 e. The van der Waals surface area contributed by atoms with E-state index < -0.39 is 23.3 Å². The van der Waals surface area contributed by atoms with Gasteiger partial charge in [-0.1, -0.05) is 30.3 Å². The maximum Gasteiger partial charge on any atom is 0.435 e. The summed E-state index contributed by atoms with van der Waals surface area (Å²) in [5.41, 5.74) is 0.491. The molecular formula is C20H20F3N5OS. The predicted molar refractivity (Wildman–Crippen MR) is 107 cm³/mol. The van der Waals surface area contributed by atoms with Crippen LogP contribution in [-0.2, 0) is 19.8 Å². The molecule has 0 radical (unpaired) electrons. The second kappa shape index (κ2) is 8.19. The van der Waals surface area contributed by atoms with Gasteiger partial charge in [-0.25, -0.2) is 4.98 Å². The number of hydrogen-bond acceptors (Lipinski definition) is 5. The molecule has 1 fully saturated rings. The summed E-state index contributed by atoms with van der Waals surface area (Å²) in [4.78, 5) is 20.9. The summed E-state index contributed by atoms with van der Waals surface area (Å²) in [6, 6.07) is 9.93. The topological polar surface area (TPSA) is 54.3 Å². The molecule has 0 atom stereocenters. The highest BCUT2D eigenvalue weighted by Gasteiger charge is 2.40. The Morgan fingerprint density at radius 2 is 1.83 bits per heavy atom. The Balaban J connectivity index is 1.37. The average Bonchev–Trinajstić information content (AvgIpc) is 3.35. The van der Waals surface area contributed by atoms with Crippen LogP contribution >= 0.6 is 11.3 Å². The summed E-state index contributed by atoms with van der Waals surface area (Å²) >= 11 is 1.58. The predicted octanol–water partition coefficient (Wildman–Crippen LogP) is 3.52. The van der Waals surface area contributed by atoms with E-state index in [0.29, 0.717) is 32.7 Å². The van der Waals surface area contributed by atoms with Gasteiger partial charge in [-0.2, -0.15) is 18.3 Å². The number of aryl methyl sites for hydroxylation is 1. The van der Waals surface area contributed by atoms with Gasteiger partial charge in [0.2, 0.25) is 0 Å². The molecule has 30 heavy (non-hydrogen) atoms. The second-order valence-corrected chi connectivity index (χ2v) is 8.00. The molecule has 3 heterocycles. The average molecular weight is 435 g/mol. The van der Waals surface area contributed by atoms with Crippen molar-refractivity contribution >= 4 is 17.2 Å². The molecule has 1 aliphatic heterocycles. The molecule has 1 aliphatic rings. The van der Waals surface area contributed by atoms with Crippen LogP contribution in [0.5, 0.6) is 0 Å². The number of piperazine rings is 1. The first kappa shape index (κ1) is 20.5. The van der Waals surface area contributed by atoms with Gasteiger partial charge in [-0.15, -0.1) is 11.3 Å². The standard InChI is InChI=1S/C20H20F3N5OS/c1-26-12-16(17(25-26)20(21,22)23)19(29)28-9-7-27(8-10-28)11-15-13-30-18(24-15)14-5-3-2-4-6-14/h2-6,12-13H,7-11H2,1H3. The van der Waals surface area contributed by atoms with Crippen molar-refractivity contribution in [2.24, 2.45) is 7.05 Å². The lowest BCUT2D eigenvalue weighted by Gasteiger charge is -2.34. The van der Waals surface area contributed by atoms with Gasteiger partial charge in [0.05, 0.1) is 11.3 Å². The lowest BCUT2D eigenvalue weighted by Crippen LogP contribution is -2.48. The number of amides is 1. The minimum atomic E-state index is -4.66. The number of nitrogens with zero attached hydrogens (tertiary/aromatic N) is 5. The fraction of sp³-hybridized carbons (Fsp3) is 0.350. The molecule has 158 valence electrons. The third-order valence-electron chi connectivity index (χ3n) is 4.95. The van der Waals surface area contributed by atoms with E-state index in [1.54, 1.807) is 11.3 Å². The number of carbonyl (C=O) groups is 1. The van der Waals surface area contributed by atoms with Gasteiger partial charge in [-0.05, 0) is 0 Å². The van der Waals surface area contributed by atoms with Gasteiger partial charge in [-0.3, -0.25) is 14.4 Å². The van der Waals surface area contributed by atoms with Crippen molar-refractivity contribution in [1.82, 2.24) is 24.6 Å². The molecule has 1 aromatic carbocycles. The molecule has 0 aliphatic carbocycles. The molecular weight excluding hydrogens is 415 g/mol. The summed E-state index contributed by atoms with van der Waals surface area (Å²) in [7, 11) is 1.38. The molecule has 10 heteroatoms. The van der Waals surface area contributed by atoms with E-state index in [1.807, 2.05) is 35.7 Å². The summed E-state index contributed by atoms with van der Waals surface area (Å²) in [6.45, 7) is 2.52. The molecule has 1 amide bonds. The Bertz CT molecular complexity index is 1020. The quantitative estimate of drug-likeness (QED) is 0.629. The summed E-state index contributed by atoms with van der Waals surface area (Å²) in [5, 5.41) is 6.40. The molecule has 0 bridgehead atoms. The number of halogens is 3. The van der Waals surface area contributed by atoms with Gasteiger partial charge < -0.3 is 4.90 Å². The number of alkyl halides is 3. The van der Waals surface area contributed by atoms with Crippen molar-refractivity contribution in [3.8, 4) is 10.6 Å².